The highest BCUT2D eigenvalue weighted by Gasteiger charge is 2.07. The van der Waals surface area contributed by atoms with Crippen LogP contribution in [0.4, 0.5) is 25.0 Å². The Hall–Kier alpha value is -3.38. The third-order valence-corrected chi connectivity index (χ3v) is 4.50. The SMILES string of the molecule is O=C(Nc1ccc(-c2cc3cc(F)ccc3[nH]2)cc1)Nc1ccc(F)c(Cl)c1. The fourth-order valence-corrected chi connectivity index (χ4v) is 3.04. The maximum Gasteiger partial charge on any atom is 0.323 e. The number of carbonyl (C=O) groups excluding carboxylic acids is 1. The zero-order valence-electron chi connectivity index (χ0n) is 14.4. The number of hydrogen-bond donors (Lipinski definition) is 3. The van der Waals surface area contributed by atoms with Crippen molar-refractivity contribution in [3.63, 3.8) is 0 Å². The molecule has 4 rings (SSSR count). The molecule has 0 saturated heterocycles. The molecule has 1 aromatic heterocycles. The fourth-order valence-electron chi connectivity index (χ4n) is 2.86. The van der Waals surface area contributed by atoms with Gasteiger partial charge in [0.1, 0.15) is 11.6 Å². The highest BCUT2D eigenvalue weighted by molar-refractivity contribution is 6.31. The van der Waals surface area contributed by atoms with Gasteiger partial charge < -0.3 is 15.6 Å². The summed E-state index contributed by atoms with van der Waals surface area (Å²) in [6, 6.07) is 17.1. The first kappa shape index (κ1) is 18.0. The second-order valence-corrected chi connectivity index (χ2v) is 6.61. The molecule has 140 valence electrons. The van der Waals surface area contributed by atoms with Crippen molar-refractivity contribution in [1.82, 2.24) is 4.98 Å². The Labute approximate surface area is 164 Å². The first-order valence-electron chi connectivity index (χ1n) is 8.40. The molecule has 0 spiro atoms. The molecule has 0 unspecified atom stereocenters. The number of H-pyrrole nitrogens is 1. The van der Waals surface area contributed by atoms with Gasteiger partial charge in [-0.15, -0.1) is 0 Å². The molecule has 28 heavy (non-hydrogen) atoms. The van der Waals surface area contributed by atoms with E-state index in [9.17, 15) is 13.6 Å². The van der Waals surface area contributed by atoms with Crippen molar-refractivity contribution in [2.75, 3.05) is 10.6 Å². The minimum Gasteiger partial charge on any atom is -0.355 e. The Morgan fingerprint density at radius 2 is 1.57 bits per heavy atom. The van der Waals surface area contributed by atoms with Gasteiger partial charge in [-0.05, 0) is 60.2 Å². The molecule has 0 atom stereocenters. The first-order chi connectivity index (χ1) is 13.5. The van der Waals surface area contributed by atoms with Crippen LogP contribution in [0.3, 0.4) is 0 Å². The number of nitrogens with one attached hydrogen (secondary N) is 3. The summed E-state index contributed by atoms with van der Waals surface area (Å²) in [5, 5.41) is 5.99. The van der Waals surface area contributed by atoms with Crippen LogP contribution in [0.15, 0.2) is 66.7 Å². The molecule has 2 amide bonds. The maximum absolute atomic E-state index is 13.3. The molecule has 3 aromatic carbocycles. The summed E-state index contributed by atoms with van der Waals surface area (Å²) in [4.78, 5) is 15.3. The summed E-state index contributed by atoms with van der Waals surface area (Å²) in [7, 11) is 0. The molecular formula is C21H14ClF2N3O. The van der Waals surface area contributed by atoms with E-state index in [0.29, 0.717) is 11.4 Å². The number of fused-ring (bicyclic) bond motifs is 1. The van der Waals surface area contributed by atoms with E-state index < -0.39 is 11.8 Å². The van der Waals surface area contributed by atoms with Crippen molar-refractivity contribution in [2.24, 2.45) is 0 Å². The monoisotopic (exact) mass is 397 g/mol. The van der Waals surface area contributed by atoms with Crippen LogP contribution < -0.4 is 10.6 Å². The van der Waals surface area contributed by atoms with Gasteiger partial charge in [0.25, 0.3) is 0 Å². The highest BCUT2D eigenvalue weighted by atomic mass is 35.5. The number of amides is 2. The number of rotatable bonds is 3. The van der Waals surface area contributed by atoms with Crippen molar-refractivity contribution in [3.8, 4) is 11.3 Å². The topological polar surface area (TPSA) is 56.9 Å². The predicted molar refractivity (Wildman–Crippen MR) is 108 cm³/mol. The van der Waals surface area contributed by atoms with E-state index in [1.54, 1.807) is 18.2 Å². The smallest absolute Gasteiger partial charge is 0.323 e. The lowest BCUT2D eigenvalue weighted by Crippen LogP contribution is -2.19. The van der Waals surface area contributed by atoms with Crippen LogP contribution in [-0.4, -0.2) is 11.0 Å². The van der Waals surface area contributed by atoms with Crippen LogP contribution in [0, 0.1) is 11.6 Å². The van der Waals surface area contributed by atoms with E-state index in [1.807, 2.05) is 18.2 Å². The van der Waals surface area contributed by atoms with Gasteiger partial charge >= 0.3 is 6.03 Å². The molecule has 0 bridgehead atoms. The van der Waals surface area contributed by atoms with Gasteiger partial charge in [0, 0.05) is 28.0 Å². The predicted octanol–water partition coefficient (Wildman–Crippen LogP) is 6.41. The molecule has 3 N–H and O–H groups in total. The number of aromatic amines is 1. The van der Waals surface area contributed by atoms with Gasteiger partial charge in [-0.1, -0.05) is 23.7 Å². The van der Waals surface area contributed by atoms with Crippen LogP contribution >= 0.6 is 11.6 Å². The van der Waals surface area contributed by atoms with Crippen molar-refractivity contribution in [2.45, 2.75) is 0 Å². The first-order valence-corrected chi connectivity index (χ1v) is 8.77. The molecule has 0 fully saturated rings. The van der Waals surface area contributed by atoms with Crippen molar-refractivity contribution in [1.29, 1.82) is 0 Å². The maximum atomic E-state index is 13.3. The van der Waals surface area contributed by atoms with Crippen molar-refractivity contribution in [3.05, 3.63) is 83.4 Å². The Kier molecular flexibility index (Phi) is 4.71. The summed E-state index contributed by atoms with van der Waals surface area (Å²) >= 11 is 5.70. The second-order valence-electron chi connectivity index (χ2n) is 6.20. The third kappa shape index (κ3) is 3.82. The summed E-state index contributed by atoms with van der Waals surface area (Å²) in [6.07, 6.45) is 0. The molecule has 4 nitrogen and oxygen atoms in total. The second kappa shape index (κ2) is 7.32. The lowest BCUT2D eigenvalue weighted by Gasteiger charge is -2.09. The number of anilines is 2. The van der Waals surface area contributed by atoms with Crippen LogP contribution in [0.2, 0.25) is 5.02 Å². The highest BCUT2D eigenvalue weighted by Crippen LogP contribution is 2.26. The minimum absolute atomic E-state index is 0.0691. The van der Waals surface area contributed by atoms with Crippen molar-refractivity contribution < 1.29 is 13.6 Å². The summed E-state index contributed by atoms with van der Waals surface area (Å²) in [5.74, 6) is -0.839. The third-order valence-electron chi connectivity index (χ3n) is 4.21. The molecule has 4 aromatic rings. The van der Waals surface area contributed by atoms with E-state index in [2.05, 4.69) is 15.6 Å². The van der Waals surface area contributed by atoms with Gasteiger partial charge in [-0.25, -0.2) is 13.6 Å². The number of hydrogen-bond acceptors (Lipinski definition) is 1. The van der Waals surface area contributed by atoms with Gasteiger partial charge in [-0.3, -0.25) is 0 Å². The largest absolute Gasteiger partial charge is 0.355 e. The van der Waals surface area contributed by atoms with Crippen molar-refractivity contribution >= 4 is 39.9 Å². The van der Waals surface area contributed by atoms with E-state index in [4.69, 9.17) is 11.6 Å². The summed E-state index contributed by atoms with van der Waals surface area (Å²) in [5.41, 5.74) is 3.55. The van der Waals surface area contributed by atoms with Crippen LogP contribution in [0.25, 0.3) is 22.2 Å². The zero-order valence-corrected chi connectivity index (χ0v) is 15.1. The minimum atomic E-state index is -0.553. The van der Waals surface area contributed by atoms with E-state index >= 15 is 0 Å². The van der Waals surface area contributed by atoms with Gasteiger partial charge in [-0.2, -0.15) is 0 Å². The normalized spacial score (nSPS) is 10.8. The Morgan fingerprint density at radius 3 is 2.32 bits per heavy atom. The molecule has 7 heteroatoms. The fraction of sp³-hybridized carbons (Fsp3) is 0. The number of aromatic nitrogens is 1. The Balaban J connectivity index is 1.46. The average molecular weight is 398 g/mol. The van der Waals surface area contributed by atoms with E-state index in [-0.39, 0.29) is 10.8 Å². The Bertz CT molecular complexity index is 1170. The number of benzene rings is 3. The number of halogens is 3. The molecule has 0 aliphatic heterocycles. The molecule has 0 aliphatic carbocycles. The zero-order chi connectivity index (χ0) is 19.7. The quantitative estimate of drug-likeness (QED) is 0.367. The molecular weight excluding hydrogens is 384 g/mol. The summed E-state index contributed by atoms with van der Waals surface area (Å²) in [6.45, 7) is 0. The van der Waals surface area contributed by atoms with Crippen LogP contribution in [0.5, 0.6) is 0 Å². The molecule has 1 heterocycles. The molecule has 0 saturated carbocycles. The lowest BCUT2D eigenvalue weighted by molar-refractivity contribution is 0.262. The standard InChI is InChI=1S/C21H14ClF2N3O/c22-17-11-16(6-7-18(17)24)26-21(28)25-15-4-1-12(2-5-15)20-10-13-9-14(23)3-8-19(13)27-20/h1-11,27H,(H2,25,26,28). The summed E-state index contributed by atoms with van der Waals surface area (Å²) < 4.78 is 26.5. The number of carbonyl (C=O) groups is 1. The molecule has 0 aliphatic rings. The van der Waals surface area contributed by atoms with Gasteiger partial charge in [0.2, 0.25) is 0 Å². The van der Waals surface area contributed by atoms with E-state index in [0.717, 1.165) is 22.2 Å². The average Bonchev–Trinajstić information content (AvgIpc) is 3.08. The van der Waals surface area contributed by atoms with E-state index in [1.165, 1.54) is 30.3 Å². The van der Waals surface area contributed by atoms with Gasteiger partial charge in [0.05, 0.1) is 5.02 Å². The Morgan fingerprint density at radius 1 is 0.857 bits per heavy atom. The molecule has 0 radical (unpaired) electrons. The van der Waals surface area contributed by atoms with Crippen LogP contribution in [-0.2, 0) is 0 Å². The van der Waals surface area contributed by atoms with Gasteiger partial charge in [0.15, 0.2) is 0 Å². The lowest BCUT2D eigenvalue weighted by atomic mass is 10.1. The number of urea groups is 1. The van der Waals surface area contributed by atoms with Crippen LogP contribution in [0.1, 0.15) is 0 Å².